The number of carbonyl (C=O) groups is 2. The van der Waals surface area contributed by atoms with E-state index in [9.17, 15) is 9.59 Å². The number of amides is 2. The molecule has 2 heterocycles. The second kappa shape index (κ2) is 7.48. The van der Waals surface area contributed by atoms with Gasteiger partial charge >= 0.3 is 0 Å². The van der Waals surface area contributed by atoms with E-state index in [0.717, 1.165) is 11.4 Å². The summed E-state index contributed by atoms with van der Waals surface area (Å²) in [4.78, 5) is 30.2. The summed E-state index contributed by atoms with van der Waals surface area (Å²) in [5.74, 6) is 0.225. The minimum atomic E-state index is -0.316. The number of hydrogen-bond acceptors (Lipinski definition) is 4. The van der Waals surface area contributed by atoms with E-state index >= 15 is 0 Å². The first-order chi connectivity index (χ1) is 12.0. The lowest BCUT2D eigenvalue weighted by molar-refractivity contribution is -0.124. The second-order valence-electron chi connectivity index (χ2n) is 6.43. The van der Waals surface area contributed by atoms with Crippen molar-refractivity contribution in [2.75, 3.05) is 19.6 Å². The van der Waals surface area contributed by atoms with Crippen LogP contribution in [0.1, 0.15) is 23.9 Å². The molecule has 0 bridgehead atoms. The van der Waals surface area contributed by atoms with Crippen LogP contribution in [0.15, 0.2) is 42.7 Å². The third-order valence-electron chi connectivity index (χ3n) is 4.60. The summed E-state index contributed by atoms with van der Waals surface area (Å²) in [6, 6.07) is 9.44. The zero-order chi connectivity index (χ0) is 17.8. The molecule has 2 unspecified atom stereocenters. The first kappa shape index (κ1) is 17.2. The highest BCUT2D eigenvalue weighted by Crippen LogP contribution is 2.20. The molecule has 1 fully saturated rings. The molecule has 0 radical (unpaired) electrons. The van der Waals surface area contributed by atoms with E-state index in [0.29, 0.717) is 19.5 Å². The molecule has 1 aromatic heterocycles. The largest absolute Gasteiger partial charge is 0.369 e. The quantitative estimate of drug-likeness (QED) is 0.797. The molecule has 2 aromatic rings. The Morgan fingerprint density at radius 1 is 1.36 bits per heavy atom. The number of rotatable bonds is 6. The maximum Gasteiger partial charge on any atom is 0.235 e. The van der Waals surface area contributed by atoms with Gasteiger partial charge in [-0.1, -0.05) is 30.3 Å². The van der Waals surface area contributed by atoms with Crippen LogP contribution in [0.4, 0.5) is 0 Å². The Balaban J connectivity index is 1.70. The van der Waals surface area contributed by atoms with Gasteiger partial charge in [0, 0.05) is 26.0 Å². The van der Waals surface area contributed by atoms with Crippen LogP contribution in [0.5, 0.6) is 0 Å². The molecule has 0 aliphatic carbocycles. The lowest BCUT2D eigenvalue weighted by atomic mass is 10.1. The number of imidazole rings is 1. The van der Waals surface area contributed by atoms with Gasteiger partial charge in [-0.25, -0.2) is 4.98 Å². The van der Waals surface area contributed by atoms with Crippen LogP contribution in [0, 0.1) is 5.92 Å². The van der Waals surface area contributed by atoms with Crippen LogP contribution in [-0.2, 0) is 16.6 Å². The maximum absolute atomic E-state index is 12.6. The van der Waals surface area contributed by atoms with Crippen molar-refractivity contribution in [1.29, 1.82) is 0 Å². The molecular weight excluding hydrogens is 318 g/mol. The number of benzene rings is 1. The number of nitrogens with zero attached hydrogens (tertiary/aromatic N) is 3. The molecule has 3 N–H and O–H groups in total. The van der Waals surface area contributed by atoms with Gasteiger partial charge in [0.15, 0.2) is 0 Å². The zero-order valence-electron chi connectivity index (χ0n) is 14.3. The summed E-state index contributed by atoms with van der Waals surface area (Å²) in [6.07, 6.45) is 4.29. The summed E-state index contributed by atoms with van der Waals surface area (Å²) in [6.45, 7) is 1.50. The summed E-state index contributed by atoms with van der Waals surface area (Å²) in [5.41, 5.74) is 6.32. The fourth-order valence-electron chi connectivity index (χ4n) is 3.22. The summed E-state index contributed by atoms with van der Waals surface area (Å²) in [5, 5.41) is 3.07. The summed E-state index contributed by atoms with van der Waals surface area (Å²) < 4.78 is 1.90. The molecule has 1 aromatic carbocycles. The smallest absolute Gasteiger partial charge is 0.235 e. The highest BCUT2D eigenvalue weighted by Gasteiger charge is 2.28. The van der Waals surface area contributed by atoms with Crippen molar-refractivity contribution in [3.8, 4) is 0 Å². The van der Waals surface area contributed by atoms with E-state index < -0.39 is 0 Å². The van der Waals surface area contributed by atoms with Crippen molar-refractivity contribution in [1.82, 2.24) is 19.8 Å². The van der Waals surface area contributed by atoms with E-state index in [-0.39, 0.29) is 30.3 Å². The molecule has 1 saturated heterocycles. The molecule has 0 spiro atoms. The predicted molar refractivity (Wildman–Crippen MR) is 93.4 cm³/mol. The van der Waals surface area contributed by atoms with E-state index in [2.05, 4.69) is 10.3 Å². The van der Waals surface area contributed by atoms with Gasteiger partial charge in [0.05, 0.1) is 12.5 Å². The number of hydrogen-bond donors (Lipinski definition) is 2. The number of aryl methyl sites for hydroxylation is 1. The Morgan fingerprint density at radius 2 is 2.12 bits per heavy atom. The van der Waals surface area contributed by atoms with Gasteiger partial charge in [-0.2, -0.15) is 0 Å². The van der Waals surface area contributed by atoms with Gasteiger partial charge < -0.3 is 15.6 Å². The molecule has 2 atom stereocenters. The van der Waals surface area contributed by atoms with Gasteiger partial charge in [0.25, 0.3) is 0 Å². The number of nitrogens with one attached hydrogen (secondary N) is 1. The zero-order valence-corrected chi connectivity index (χ0v) is 14.3. The molecule has 3 rings (SSSR count). The van der Waals surface area contributed by atoms with Crippen molar-refractivity contribution >= 4 is 11.8 Å². The highest BCUT2D eigenvalue weighted by molar-refractivity contribution is 5.80. The van der Waals surface area contributed by atoms with Gasteiger partial charge in [-0.05, 0) is 18.5 Å². The van der Waals surface area contributed by atoms with E-state index in [1.54, 1.807) is 6.20 Å². The molecule has 132 valence electrons. The Morgan fingerprint density at radius 3 is 2.72 bits per heavy atom. The van der Waals surface area contributed by atoms with Crippen molar-refractivity contribution in [3.05, 3.63) is 54.1 Å². The highest BCUT2D eigenvalue weighted by atomic mass is 16.2. The fourth-order valence-corrected chi connectivity index (χ4v) is 3.22. The Bertz CT molecular complexity index is 743. The average Bonchev–Trinajstić information content (AvgIpc) is 3.23. The SMILES string of the molecule is Cn1ccnc1C(NC(=O)CN1CCC(C(N)=O)C1)c1ccccc1. The van der Waals surface area contributed by atoms with Gasteiger partial charge in [0.1, 0.15) is 11.9 Å². The fraction of sp³-hybridized carbons (Fsp3) is 0.389. The predicted octanol–water partition coefficient (Wildman–Crippen LogP) is 0.433. The Hall–Kier alpha value is -2.67. The third kappa shape index (κ3) is 4.06. The standard InChI is InChI=1S/C18H23N5O2/c1-22-10-8-20-18(22)16(13-5-3-2-4-6-13)21-15(24)12-23-9-7-14(11-23)17(19)25/h2-6,8,10,14,16H,7,9,11-12H2,1H3,(H2,19,25)(H,21,24). The van der Waals surface area contributed by atoms with Crippen LogP contribution in [0.3, 0.4) is 0 Å². The normalized spacial score (nSPS) is 18.8. The third-order valence-corrected chi connectivity index (χ3v) is 4.60. The molecule has 0 saturated carbocycles. The monoisotopic (exact) mass is 341 g/mol. The number of likely N-dealkylation sites (tertiary alicyclic amines) is 1. The van der Waals surface area contributed by atoms with Gasteiger partial charge in [-0.3, -0.25) is 14.5 Å². The van der Waals surface area contributed by atoms with Crippen LogP contribution < -0.4 is 11.1 Å². The molecule has 2 amide bonds. The minimum Gasteiger partial charge on any atom is -0.369 e. The lowest BCUT2D eigenvalue weighted by Gasteiger charge is -2.21. The molecule has 1 aliphatic heterocycles. The number of aromatic nitrogens is 2. The Kier molecular flexibility index (Phi) is 5.14. The minimum absolute atomic E-state index is 0.0954. The van der Waals surface area contributed by atoms with Gasteiger partial charge in [0.2, 0.25) is 11.8 Å². The first-order valence-corrected chi connectivity index (χ1v) is 8.38. The van der Waals surface area contributed by atoms with Crippen molar-refractivity contribution in [2.45, 2.75) is 12.5 Å². The number of carbonyl (C=O) groups excluding carboxylic acids is 2. The molecular formula is C18H23N5O2. The van der Waals surface area contributed by atoms with E-state index in [4.69, 9.17) is 5.73 Å². The average molecular weight is 341 g/mol. The van der Waals surface area contributed by atoms with Crippen LogP contribution in [0.25, 0.3) is 0 Å². The lowest BCUT2D eigenvalue weighted by Crippen LogP contribution is -2.39. The van der Waals surface area contributed by atoms with Crippen LogP contribution >= 0.6 is 0 Å². The summed E-state index contributed by atoms with van der Waals surface area (Å²) in [7, 11) is 1.91. The molecule has 1 aliphatic rings. The van der Waals surface area contributed by atoms with Gasteiger partial charge in [-0.15, -0.1) is 0 Å². The molecule has 7 nitrogen and oxygen atoms in total. The summed E-state index contributed by atoms with van der Waals surface area (Å²) >= 11 is 0. The molecule has 7 heteroatoms. The van der Waals surface area contributed by atoms with Crippen LogP contribution in [0.2, 0.25) is 0 Å². The van der Waals surface area contributed by atoms with Crippen molar-refractivity contribution in [3.63, 3.8) is 0 Å². The molecule has 25 heavy (non-hydrogen) atoms. The van der Waals surface area contributed by atoms with Crippen molar-refractivity contribution in [2.24, 2.45) is 18.7 Å². The number of nitrogens with two attached hydrogens (primary N) is 1. The maximum atomic E-state index is 12.6. The van der Waals surface area contributed by atoms with Crippen LogP contribution in [-0.4, -0.2) is 45.9 Å². The van der Waals surface area contributed by atoms with E-state index in [1.165, 1.54) is 0 Å². The Labute approximate surface area is 146 Å². The van der Waals surface area contributed by atoms with Crippen molar-refractivity contribution < 1.29 is 9.59 Å². The van der Waals surface area contributed by atoms with E-state index in [1.807, 2.05) is 53.0 Å². The second-order valence-corrected chi connectivity index (χ2v) is 6.43. The topological polar surface area (TPSA) is 93.2 Å². The first-order valence-electron chi connectivity index (χ1n) is 8.38. The number of primary amides is 1.